The summed E-state index contributed by atoms with van der Waals surface area (Å²) in [6, 6.07) is 66.7. The van der Waals surface area contributed by atoms with Crippen LogP contribution in [0.25, 0.3) is 0 Å². The molecule has 10 rings (SSSR count). The van der Waals surface area contributed by atoms with Crippen LogP contribution in [0.2, 0.25) is 0 Å². The summed E-state index contributed by atoms with van der Waals surface area (Å²) < 4.78 is 41.5. The maximum atomic E-state index is 13.3. The van der Waals surface area contributed by atoms with Gasteiger partial charge < -0.3 is 69.5 Å². The van der Waals surface area contributed by atoms with Gasteiger partial charge in [0.25, 0.3) is 29.5 Å². The van der Waals surface area contributed by atoms with Gasteiger partial charge in [-0.3, -0.25) is 24.0 Å². The number of carbonyl (C=O) groups excluding carboxylic acids is 5. The summed E-state index contributed by atoms with van der Waals surface area (Å²) in [6.45, 7) is 0. The Hall–Kier alpha value is -12.2. The summed E-state index contributed by atoms with van der Waals surface area (Å²) in [5, 5.41) is 13.6. The molecule has 448 valence electrons. The fourth-order valence-electron chi connectivity index (χ4n) is 7.45. The summed E-state index contributed by atoms with van der Waals surface area (Å²) in [7, 11) is 4.69. The molecule has 0 heterocycles. The Kier molecular flexibility index (Phi) is 24.5. The van der Waals surface area contributed by atoms with E-state index in [-0.39, 0.29) is 34.8 Å². The van der Waals surface area contributed by atoms with Gasteiger partial charge in [-0.1, -0.05) is 36.4 Å². The number of rotatable bonds is 13. The number of hydrogen-bond acceptors (Lipinski definition) is 13. The molecule has 0 aromatic heterocycles. The third-order valence-corrected chi connectivity index (χ3v) is 12.1. The molecule has 0 fully saturated rings. The first kappa shape index (κ1) is 65.0. The predicted octanol–water partition coefficient (Wildman–Crippen LogP) is 12.9. The number of anilines is 10. The second kappa shape index (κ2) is 33.2. The highest BCUT2D eigenvalue weighted by molar-refractivity contribution is 6.07. The van der Waals surface area contributed by atoms with Crippen LogP contribution in [-0.4, -0.2) is 50.9 Å². The van der Waals surface area contributed by atoms with E-state index in [4.69, 9.17) is 42.9 Å². The monoisotopic (exact) mass is 1190 g/mol. The molecule has 5 amide bonds. The van der Waals surface area contributed by atoms with Crippen molar-refractivity contribution in [2.24, 2.45) is 0 Å². The minimum atomic E-state index is -0.541. The van der Waals surface area contributed by atoms with Crippen LogP contribution >= 0.6 is 0 Å². The van der Waals surface area contributed by atoms with E-state index in [1.165, 1.54) is 43.5 Å². The molecule has 10 aromatic rings. The van der Waals surface area contributed by atoms with Crippen molar-refractivity contribution in [1.29, 1.82) is 0 Å². The molecule has 0 saturated carbocycles. The fraction of sp³-hybridized carbons (Fsp3) is 0.0441. The van der Waals surface area contributed by atoms with E-state index in [1.54, 1.807) is 214 Å². The zero-order valence-electron chi connectivity index (χ0n) is 48.0. The van der Waals surface area contributed by atoms with Crippen molar-refractivity contribution in [1.82, 2.24) is 0 Å². The van der Waals surface area contributed by atoms with Gasteiger partial charge in [-0.2, -0.15) is 0 Å². The van der Waals surface area contributed by atoms with Crippen LogP contribution in [0.5, 0.6) is 17.2 Å². The number of carbonyl (C=O) groups is 5. The van der Waals surface area contributed by atoms with Crippen molar-refractivity contribution in [3.63, 3.8) is 0 Å². The van der Waals surface area contributed by atoms with Gasteiger partial charge in [0.15, 0.2) is 0 Å². The number of amides is 5. The van der Waals surface area contributed by atoms with Crippen LogP contribution in [0.3, 0.4) is 0 Å². The molecule has 0 spiro atoms. The second-order valence-electron chi connectivity index (χ2n) is 18.5. The molecule has 0 unspecified atom stereocenters. The molecule has 10 aromatic carbocycles. The highest BCUT2D eigenvalue weighted by Crippen LogP contribution is 2.22. The van der Waals surface area contributed by atoms with E-state index in [0.717, 1.165) is 5.75 Å². The summed E-state index contributed by atoms with van der Waals surface area (Å²) in [4.78, 5) is 59.4. The van der Waals surface area contributed by atoms with Crippen molar-refractivity contribution in [3.8, 4) is 17.2 Å². The number of nitrogens with two attached hydrogens (primary N) is 5. The van der Waals surface area contributed by atoms with Gasteiger partial charge in [-0.05, 0) is 206 Å². The van der Waals surface area contributed by atoms with Crippen molar-refractivity contribution < 1.29 is 47.0 Å². The van der Waals surface area contributed by atoms with E-state index in [1.807, 2.05) is 6.07 Å². The van der Waals surface area contributed by atoms with E-state index in [2.05, 4.69) is 26.6 Å². The Morgan fingerprint density at radius 3 is 1.03 bits per heavy atom. The zero-order valence-corrected chi connectivity index (χ0v) is 48.0. The molecule has 0 atom stereocenters. The molecular weight excluding hydrogens is 1120 g/mol. The quantitative estimate of drug-likeness (QED) is 0.0481. The highest BCUT2D eigenvalue weighted by atomic mass is 19.1. The minimum absolute atomic E-state index is 0.0179. The number of ether oxygens (including phenoxy) is 3. The van der Waals surface area contributed by atoms with Crippen molar-refractivity contribution >= 4 is 86.4 Å². The molecule has 0 radical (unpaired) electrons. The lowest BCUT2D eigenvalue weighted by Gasteiger charge is -2.09. The number of nitrogens with one attached hydrogen (secondary N) is 5. The first-order chi connectivity index (χ1) is 42.4. The molecule has 0 aliphatic heterocycles. The molecule has 88 heavy (non-hydrogen) atoms. The minimum Gasteiger partial charge on any atom is -0.497 e. The molecular formula is C68H64F2N10O8. The molecule has 15 N–H and O–H groups in total. The van der Waals surface area contributed by atoms with Crippen LogP contribution < -0.4 is 69.5 Å². The van der Waals surface area contributed by atoms with E-state index in [0.29, 0.717) is 85.1 Å². The number of para-hydroxylation sites is 1. The third kappa shape index (κ3) is 21.2. The van der Waals surface area contributed by atoms with Crippen LogP contribution in [0.4, 0.5) is 65.7 Å². The Bertz CT molecular complexity index is 3900. The lowest BCUT2D eigenvalue weighted by molar-refractivity contribution is 0.101. The lowest BCUT2D eigenvalue weighted by Crippen LogP contribution is -2.13. The number of nitrogen functional groups attached to an aromatic ring is 5. The predicted molar refractivity (Wildman–Crippen MR) is 346 cm³/mol. The summed E-state index contributed by atoms with van der Waals surface area (Å²) in [5.74, 6) is -0.444. The van der Waals surface area contributed by atoms with Gasteiger partial charge in [0.1, 0.15) is 28.9 Å². The van der Waals surface area contributed by atoms with Gasteiger partial charge in [-0.25, -0.2) is 8.78 Å². The summed E-state index contributed by atoms with van der Waals surface area (Å²) in [5.41, 5.74) is 36.2. The first-order valence-electron chi connectivity index (χ1n) is 26.7. The standard InChI is InChI=1S/3C14H14N2O2.2C13H11FN2O/c1-18-13-8-2-10(3-9-13)14(17)16-12-6-4-11(15)5-7-12;1-18-13-4-2-3-10(9-13)14(17)16-12-7-5-11(15)6-8-12;1-18-13-5-3-2-4-12(13)14(17)16-11-8-6-10(15)7-9-11;14-10-3-1-2-9(8-10)13(17)16-12-6-4-11(15)5-7-12;14-12-4-2-1-3-11(12)13(17)16-10-7-5-9(15)6-8-10/h3*2-9H,15H2,1H3,(H,16,17);2*1-8H,15H2,(H,16,17). The average molecular weight is 1190 g/mol. The van der Waals surface area contributed by atoms with Crippen LogP contribution in [0.15, 0.2) is 243 Å². The van der Waals surface area contributed by atoms with Crippen molar-refractivity contribution in [2.75, 3.05) is 76.6 Å². The highest BCUT2D eigenvalue weighted by Gasteiger charge is 2.14. The summed E-state index contributed by atoms with van der Waals surface area (Å²) in [6.07, 6.45) is 0. The largest absolute Gasteiger partial charge is 0.497 e. The molecule has 0 saturated heterocycles. The van der Waals surface area contributed by atoms with Gasteiger partial charge in [-0.15, -0.1) is 0 Å². The van der Waals surface area contributed by atoms with E-state index >= 15 is 0 Å². The SMILES string of the molecule is COc1ccc(C(=O)Nc2ccc(N)cc2)cc1.COc1cccc(C(=O)Nc2ccc(N)cc2)c1.COc1ccccc1C(=O)Nc1ccc(N)cc1.Nc1ccc(NC(=O)c2cccc(F)c2)cc1.Nc1ccc(NC(=O)c2ccccc2F)cc1. The lowest BCUT2D eigenvalue weighted by atomic mass is 10.2. The van der Waals surface area contributed by atoms with E-state index in [9.17, 15) is 32.8 Å². The number of benzene rings is 10. The zero-order chi connectivity index (χ0) is 63.4. The third-order valence-electron chi connectivity index (χ3n) is 12.1. The van der Waals surface area contributed by atoms with Crippen LogP contribution in [0, 0.1) is 11.6 Å². The maximum absolute atomic E-state index is 13.3. The summed E-state index contributed by atoms with van der Waals surface area (Å²) >= 11 is 0. The smallest absolute Gasteiger partial charge is 0.259 e. The van der Waals surface area contributed by atoms with Crippen LogP contribution in [0.1, 0.15) is 51.8 Å². The second-order valence-corrected chi connectivity index (χ2v) is 18.5. The molecule has 0 aliphatic carbocycles. The topological polar surface area (TPSA) is 303 Å². The Morgan fingerprint density at radius 1 is 0.307 bits per heavy atom. The van der Waals surface area contributed by atoms with Gasteiger partial charge in [0.2, 0.25) is 0 Å². The normalized spacial score (nSPS) is 9.88. The Morgan fingerprint density at radius 2 is 0.648 bits per heavy atom. The van der Waals surface area contributed by atoms with E-state index < -0.39 is 17.5 Å². The molecule has 0 bridgehead atoms. The Labute approximate surface area is 507 Å². The molecule has 0 aliphatic rings. The van der Waals surface area contributed by atoms with Crippen LogP contribution in [-0.2, 0) is 0 Å². The van der Waals surface area contributed by atoms with Crippen molar-refractivity contribution in [3.05, 3.63) is 282 Å². The molecule has 20 heteroatoms. The Balaban J connectivity index is 0.000000176. The maximum Gasteiger partial charge on any atom is 0.259 e. The van der Waals surface area contributed by atoms with Gasteiger partial charge in [0, 0.05) is 73.6 Å². The fourth-order valence-corrected chi connectivity index (χ4v) is 7.45. The van der Waals surface area contributed by atoms with Gasteiger partial charge in [0.05, 0.1) is 32.5 Å². The first-order valence-corrected chi connectivity index (χ1v) is 26.7. The van der Waals surface area contributed by atoms with Crippen molar-refractivity contribution in [2.45, 2.75) is 0 Å². The average Bonchev–Trinajstić information content (AvgIpc) is 3.71. The number of hydrogen-bond donors (Lipinski definition) is 10. The number of halogens is 2. The van der Waals surface area contributed by atoms with Gasteiger partial charge >= 0.3 is 0 Å². The number of methoxy groups -OCH3 is 3. The molecule has 18 nitrogen and oxygen atoms in total.